The number of aromatic nitrogens is 4. The molecule has 1 aromatic carbocycles. The molecule has 0 spiro atoms. The van der Waals surface area contributed by atoms with Gasteiger partial charge in [0, 0.05) is 25.3 Å². The molecule has 0 saturated carbocycles. The monoisotopic (exact) mass is 361 g/mol. The van der Waals surface area contributed by atoms with Crippen LogP contribution < -0.4 is 5.32 Å². The SMILES string of the molecule is CC(C)c1nnc2sc(CCC(=O)NCCc3ccccc3F)nn12. The highest BCUT2D eigenvalue weighted by Gasteiger charge is 2.14. The minimum atomic E-state index is -0.238. The summed E-state index contributed by atoms with van der Waals surface area (Å²) in [6.45, 7) is 4.50. The Hall–Kier alpha value is -2.35. The summed E-state index contributed by atoms with van der Waals surface area (Å²) in [5, 5.41) is 16.4. The van der Waals surface area contributed by atoms with Gasteiger partial charge in [0.25, 0.3) is 0 Å². The Labute approximate surface area is 149 Å². The molecule has 0 aliphatic carbocycles. The Kier molecular flexibility index (Phi) is 5.37. The summed E-state index contributed by atoms with van der Waals surface area (Å²) in [5.74, 6) is 0.766. The van der Waals surface area contributed by atoms with Crippen LogP contribution in [-0.4, -0.2) is 32.3 Å². The first-order valence-electron chi connectivity index (χ1n) is 8.25. The molecule has 0 aliphatic rings. The van der Waals surface area contributed by atoms with E-state index in [2.05, 4.69) is 20.6 Å². The molecule has 2 heterocycles. The van der Waals surface area contributed by atoms with Gasteiger partial charge in [-0.15, -0.1) is 10.2 Å². The van der Waals surface area contributed by atoms with Crippen molar-refractivity contribution in [1.82, 2.24) is 25.1 Å². The molecule has 3 aromatic rings. The highest BCUT2D eigenvalue weighted by Crippen LogP contribution is 2.19. The lowest BCUT2D eigenvalue weighted by molar-refractivity contribution is -0.121. The molecular weight excluding hydrogens is 341 g/mol. The van der Waals surface area contributed by atoms with E-state index in [0.29, 0.717) is 31.4 Å². The average molecular weight is 361 g/mol. The lowest BCUT2D eigenvalue weighted by Gasteiger charge is -2.05. The van der Waals surface area contributed by atoms with E-state index in [0.717, 1.165) is 15.8 Å². The zero-order valence-electron chi connectivity index (χ0n) is 14.2. The second-order valence-corrected chi connectivity index (χ2v) is 7.13. The van der Waals surface area contributed by atoms with Gasteiger partial charge in [-0.1, -0.05) is 43.4 Å². The Morgan fingerprint density at radius 2 is 2.08 bits per heavy atom. The number of nitrogens with zero attached hydrogens (tertiary/aromatic N) is 4. The van der Waals surface area contributed by atoms with E-state index in [1.54, 1.807) is 22.7 Å². The van der Waals surface area contributed by atoms with E-state index in [4.69, 9.17) is 0 Å². The van der Waals surface area contributed by atoms with E-state index < -0.39 is 0 Å². The summed E-state index contributed by atoms with van der Waals surface area (Å²) in [5.41, 5.74) is 0.609. The molecule has 132 valence electrons. The lowest BCUT2D eigenvalue weighted by atomic mass is 10.1. The third-order valence-electron chi connectivity index (χ3n) is 3.81. The molecule has 8 heteroatoms. The molecule has 1 N–H and O–H groups in total. The van der Waals surface area contributed by atoms with E-state index in [9.17, 15) is 9.18 Å². The predicted molar refractivity (Wildman–Crippen MR) is 94.2 cm³/mol. The van der Waals surface area contributed by atoms with E-state index in [1.165, 1.54) is 17.4 Å². The van der Waals surface area contributed by atoms with Crippen molar-refractivity contribution in [1.29, 1.82) is 0 Å². The Balaban J connectivity index is 1.48. The average Bonchev–Trinajstić information content (AvgIpc) is 3.14. The number of amides is 1. The maximum Gasteiger partial charge on any atom is 0.234 e. The van der Waals surface area contributed by atoms with Crippen LogP contribution in [-0.2, 0) is 17.6 Å². The first-order valence-corrected chi connectivity index (χ1v) is 9.07. The molecule has 0 bridgehead atoms. The Bertz CT molecular complexity index is 873. The maximum atomic E-state index is 13.5. The van der Waals surface area contributed by atoms with E-state index >= 15 is 0 Å². The number of aryl methyl sites for hydroxylation is 1. The van der Waals surface area contributed by atoms with E-state index in [-0.39, 0.29) is 17.6 Å². The molecule has 2 aromatic heterocycles. The number of hydrogen-bond donors (Lipinski definition) is 1. The van der Waals surface area contributed by atoms with Crippen LogP contribution in [0.25, 0.3) is 4.96 Å². The first-order chi connectivity index (χ1) is 12.0. The standard InChI is InChI=1S/C17H20FN5OS/c1-11(2)16-20-21-17-23(16)22-15(25-17)8-7-14(24)19-10-9-12-5-3-4-6-13(12)18/h3-6,11H,7-10H2,1-2H3,(H,19,24). The van der Waals surface area contributed by atoms with Gasteiger partial charge in [-0.25, -0.2) is 4.39 Å². The van der Waals surface area contributed by atoms with Gasteiger partial charge in [-0.3, -0.25) is 4.79 Å². The number of carbonyl (C=O) groups is 1. The molecule has 25 heavy (non-hydrogen) atoms. The normalized spacial score (nSPS) is 11.4. The van der Waals surface area contributed by atoms with Crippen LogP contribution in [0, 0.1) is 5.82 Å². The fraction of sp³-hybridized carbons (Fsp3) is 0.412. The van der Waals surface area contributed by atoms with Crippen LogP contribution >= 0.6 is 11.3 Å². The van der Waals surface area contributed by atoms with Crippen LogP contribution in [0.1, 0.15) is 42.6 Å². The number of halogens is 1. The third kappa shape index (κ3) is 4.19. The summed E-state index contributed by atoms with van der Waals surface area (Å²) < 4.78 is 15.3. The number of fused-ring (bicyclic) bond motifs is 1. The van der Waals surface area contributed by atoms with Gasteiger partial charge in [-0.05, 0) is 18.1 Å². The van der Waals surface area contributed by atoms with Crippen molar-refractivity contribution in [2.24, 2.45) is 0 Å². The van der Waals surface area contributed by atoms with Crippen LogP contribution in [0.4, 0.5) is 4.39 Å². The Morgan fingerprint density at radius 3 is 2.84 bits per heavy atom. The zero-order valence-corrected chi connectivity index (χ0v) is 15.0. The number of carbonyl (C=O) groups excluding carboxylic acids is 1. The van der Waals surface area contributed by atoms with Gasteiger partial charge in [0.15, 0.2) is 5.82 Å². The lowest BCUT2D eigenvalue weighted by Crippen LogP contribution is -2.26. The predicted octanol–water partition coefficient (Wildman–Crippen LogP) is 2.74. The summed E-state index contributed by atoms with van der Waals surface area (Å²) in [6, 6.07) is 6.60. The number of hydrogen-bond acceptors (Lipinski definition) is 5. The molecular formula is C17H20FN5OS. The van der Waals surface area contributed by atoms with Crippen molar-refractivity contribution in [2.45, 2.75) is 39.0 Å². The van der Waals surface area contributed by atoms with Gasteiger partial charge in [0.2, 0.25) is 10.9 Å². The largest absolute Gasteiger partial charge is 0.356 e. The van der Waals surface area contributed by atoms with Crippen LogP contribution in [0.3, 0.4) is 0 Å². The number of benzene rings is 1. The van der Waals surface area contributed by atoms with E-state index in [1.807, 2.05) is 13.8 Å². The first kappa shape index (κ1) is 17.5. The molecule has 3 rings (SSSR count). The molecule has 0 aliphatic heterocycles. The quantitative estimate of drug-likeness (QED) is 0.702. The summed E-state index contributed by atoms with van der Waals surface area (Å²) in [7, 11) is 0. The summed E-state index contributed by atoms with van der Waals surface area (Å²) in [4.78, 5) is 12.7. The van der Waals surface area contributed by atoms with Gasteiger partial charge in [0.05, 0.1) is 0 Å². The smallest absolute Gasteiger partial charge is 0.234 e. The Morgan fingerprint density at radius 1 is 1.28 bits per heavy atom. The van der Waals surface area contributed by atoms with Crippen molar-refractivity contribution in [3.05, 3.63) is 46.5 Å². The highest BCUT2D eigenvalue weighted by molar-refractivity contribution is 7.16. The van der Waals surface area contributed by atoms with Crippen LogP contribution in [0.15, 0.2) is 24.3 Å². The fourth-order valence-corrected chi connectivity index (χ4v) is 3.32. The maximum absolute atomic E-state index is 13.5. The van der Waals surface area contributed by atoms with Crippen molar-refractivity contribution in [3.8, 4) is 0 Å². The number of nitrogens with one attached hydrogen (secondary N) is 1. The molecule has 0 fully saturated rings. The second-order valence-electron chi connectivity index (χ2n) is 6.09. The summed E-state index contributed by atoms with van der Waals surface area (Å²) in [6.07, 6.45) is 1.38. The topological polar surface area (TPSA) is 72.2 Å². The molecule has 0 unspecified atom stereocenters. The highest BCUT2D eigenvalue weighted by atomic mass is 32.1. The second kappa shape index (κ2) is 7.69. The van der Waals surface area contributed by atoms with Gasteiger partial charge in [0.1, 0.15) is 10.8 Å². The van der Waals surface area contributed by atoms with Gasteiger partial charge in [-0.2, -0.15) is 9.61 Å². The van der Waals surface area contributed by atoms with Crippen molar-refractivity contribution >= 4 is 22.2 Å². The molecule has 0 saturated heterocycles. The van der Waals surface area contributed by atoms with Gasteiger partial charge >= 0.3 is 0 Å². The molecule has 0 radical (unpaired) electrons. The van der Waals surface area contributed by atoms with Gasteiger partial charge < -0.3 is 5.32 Å². The van der Waals surface area contributed by atoms with Crippen LogP contribution in [0.2, 0.25) is 0 Å². The van der Waals surface area contributed by atoms with Crippen LogP contribution in [0.5, 0.6) is 0 Å². The molecule has 6 nitrogen and oxygen atoms in total. The van der Waals surface area contributed by atoms with Crippen molar-refractivity contribution < 1.29 is 9.18 Å². The zero-order chi connectivity index (χ0) is 17.8. The fourth-order valence-electron chi connectivity index (χ4n) is 2.48. The molecule has 0 atom stereocenters. The minimum absolute atomic E-state index is 0.0635. The van der Waals surface area contributed by atoms with Crippen molar-refractivity contribution in [2.75, 3.05) is 6.54 Å². The minimum Gasteiger partial charge on any atom is -0.356 e. The number of rotatable bonds is 7. The third-order valence-corrected chi connectivity index (χ3v) is 4.77. The molecule has 1 amide bonds. The van der Waals surface area contributed by atoms with Crippen molar-refractivity contribution in [3.63, 3.8) is 0 Å². The summed E-state index contributed by atoms with van der Waals surface area (Å²) >= 11 is 1.45.